The molecule has 8 heteroatoms. The van der Waals surface area contributed by atoms with E-state index in [1.165, 1.54) is 38.2 Å². The van der Waals surface area contributed by atoms with Crippen LogP contribution in [-0.4, -0.2) is 40.0 Å². The molecule has 1 aliphatic rings. The summed E-state index contributed by atoms with van der Waals surface area (Å²) in [6, 6.07) is 22.0. The van der Waals surface area contributed by atoms with Gasteiger partial charge in [-0.05, 0) is 61.7 Å². The number of carbonyl (C=O) groups excluding carboxylic acids is 2. The Morgan fingerprint density at radius 2 is 1.68 bits per heavy atom. The van der Waals surface area contributed by atoms with Gasteiger partial charge in [-0.25, -0.2) is 13.2 Å². The van der Waals surface area contributed by atoms with Crippen molar-refractivity contribution in [1.29, 1.82) is 0 Å². The van der Waals surface area contributed by atoms with Crippen molar-refractivity contribution in [3.8, 4) is 0 Å². The summed E-state index contributed by atoms with van der Waals surface area (Å²) in [4.78, 5) is 27.5. The molecule has 0 saturated carbocycles. The first kappa shape index (κ1) is 23.5. The SMILES string of the molecule is CC(OC(=O)c1cccc(S(=O)(=O)N(C)c2ccccc2)c1)C(=O)N1CCCc2ccccc21. The minimum Gasteiger partial charge on any atom is -0.449 e. The summed E-state index contributed by atoms with van der Waals surface area (Å²) >= 11 is 0. The summed E-state index contributed by atoms with van der Waals surface area (Å²) in [7, 11) is -2.44. The Kier molecular flexibility index (Phi) is 6.70. The molecule has 3 aromatic carbocycles. The number of carbonyl (C=O) groups is 2. The molecule has 1 unspecified atom stereocenters. The molecule has 1 aliphatic heterocycles. The van der Waals surface area contributed by atoms with Gasteiger partial charge in [-0.15, -0.1) is 0 Å². The van der Waals surface area contributed by atoms with Crippen LogP contribution >= 0.6 is 0 Å². The Morgan fingerprint density at radius 3 is 2.44 bits per heavy atom. The largest absolute Gasteiger partial charge is 0.449 e. The van der Waals surface area contributed by atoms with Gasteiger partial charge in [0, 0.05) is 19.3 Å². The maximum atomic E-state index is 13.1. The zero-order chi connectivity index (χ0) is 24.3. The molecule has 0 radical (unpaired) electrons. The zero-order valence-electron chi connectivity index (χ0n) is 19.0. The van der Waals surface area contributed by atoms with E-state index in [2.05, 4.69) is 0 Å². The molecule has 0 bridgehead atoms. The number of hydrogen-bond donors (Lipinski definition) is 0. The van der Waals surface area contributed by atoms with E-state index in [9.17, 15) is 18.0 Å². The Bertz CT molecular complexity index is 1310. The molecular weight excluding hydrogens is 452 g/mol. The Labute approximate surface area is 199 Å². The molecule has 0 aliphatic carbocycles. The zero-order valence-corrected chi connectivity index (χ0v) is 19.9. The van der Waals surface area contributed by atoms with E-state index in [4.69, 9.17) is 4.74 Å². The van der Waals surface area contributed by atoms with Crippen molar-refractivity contribution in [3.05, 3.63) is 90.0 Å². The highest BCUT2D eigenvalue weighted by Crippen LogP contribution is 2.28. The van der Waals surface area contributed by atoms with E-state index in [1.54, 1.807) is 35.2 Å². The van der Waals surface area contributed by atoms with Gasteiger partial charge in [-0.2, -0.15) is 0 Å². The number of amides is 1. The predicted octanol–water partition coefficient (Wildman–Crippen LogP) is 4.04. The summed E-state index contributed by atoms with van der Waals surface area (Å²) in [6.45, 7) is 2.08. The Balaban J connectivity index is 1.50. The van der Waals surface area contributed by atoms with Gasteiger partial charge in [0.1, 0.15) is 0 Å². The molecule has 7 nitrogen and oxygen atoms in total. The van der Waals surface area contributed by atoms with Crippen molar-refractivity contribution in [1.82, 2.24) is 0 Å². The van der Waals surface area contributed by atoms with Crippen LogP contribution in [0.2, 0.25) is 0 Å². The number of nitrogens with zero attached hydrogens (tertiary/aromatic N) is 2. The fourth-order valence-electron chi connectivity index (χ4n) is 3.98. The fraction of sp³-hybridized carbons (Fsp3) is 0.231. The maximum Gasteiger partial charge on any atom is 0.338 e. The van der Waals surface area contributed by atoms with Crippen LogP contribution in [0, 0.1) is 0 Å². The van der Waals surface area contributed by atoms with E-state index in [1.807, 2.05) is 24.3 Å². The van der Waals surface area contributed by atoms with Crippen LogP contribution in [0.5, 0.6) is 0 Å². The molecule has 0 spiro atoms. The second-order valence-electron chi connectivity index (χ2n) is 8.11. The van der Waals surface area contributed by atoms with Gasteiger partial charge in [-0.1, -0.05) is 42.5 Å². The van der Waals surface area contributed by atoms with Crippen molar-refractivity contribution in [2.24, 2.45) is 0 Å². The van der Waals surface area contributed by atoms with E-state index in [-0.39, 0.29) is 16.4 Å². The first-order valence-electron chi connectivity index (χ1n) is 11.0. The number of fused-ring (bicyclic) bond motifs is 1. The highest BCUT2D eigenvalue weighted by molar-refractivity contribution is 7.92. The van der Waals surface area contributed by atoms with Crippen LogP contribution in [0.3, 0.4) is 0 Å². The number of benzene rings is 3. The highest BCUT2D eigenvalue weighted by atomic mass is 32.2. The molecule has 34 heavy (non-hydrogen) atoms. The van der Waals surface area contributed by atoms with Crippen LogP contribution in [0.25, 0.3) is 0 Å². The Hall–Kier alpha value is -3.65. The third kappa shape index (κ3) is 4.68. The summed E-state index contributed by atoms with van der Waals surface area (Å²) in [5, 5.41) is 0. The highest BCUT2D eigenvalue weighted by Gasteiger charge is 2.29. The molecule has 4 rings (SSSR count). The van der Waals surface area contributed by atoms with E-state index >= 15 is 0 Å². The number of para-hydroxylation sites is 2. The lowest BCUT2D eigenvalue weighted by atomic mass is 10.0. The molecule has 0 fully saturated rings. The third-order valence-corrected chi connectivity index (χ3v) is 7.64. The molecule has 1 atom stereocenters. The standard InChI is InChI=1S/C26H26N2O5S/c1-19(25(29)28-17-9-12-20-10-6-7-16-24(20)28)33-26(30)21-11-8-15-23(18-21)34(31,32)27(2)22-13-4-3-5-14-22/h3-8,10-11,13-16,18-19H,9,12,17H2,1-2H3. The van der Waals surface area contributed by atoms with Crippen molar-refractivity contribution in [3.63, 3.8) is 0 Å². The molecule has 3 aromatic rings. The fourth-order valence-corrected chi connectivity index (χ4v) is 5.22. The number of sulfonamides is 1. The summed E-state index contributed by atoms with van der Waals surface area (Å²) in [5.41, 5.74) is 2.47. The van der Waals surface area contributed by atoms with Gasteiger partial charge in [0.25, 0.3) is 15.9 Å². The molecule has 0 saturated heterocycles. The molecule has 176 valence electrons. The maximum absolute atomic E-state index is 13.1. The summed E-state index contributed by atoms with van der Waals surface area (Å²) < 4.78 is 32.7. The van der Waals surface area contributed by atoms with E-state index < -0.39 is 22.1 Å². The average Bonchev–Trinajstić information content (AvgIpc) is 2.88. The normalized spacial score (nSPS) is 14.1. The Morgan fingerprint density at radius 1 is 0.971 bits per heavy atom. The number of anilines is 2. The van der Waals surface area contributed by atoms with Gasteiger partial charge < -0.3 is 9.64 Å². The molecule has 0 N–H and O–H groups in total. The van der Waals surface area contributed by atoms with Crippen LogP contribution in [0.4, 0.5) is 11.4 Å². The lowest BCUT2D eigenvalue weighted by Crippen LogP contribution is -2.42. The number of hydrogen-bond acceptors (Lipinski definition) is 5. The van der Waals surface area contributed by atoms with Crippen LogP contribution in [0.1, 0.15) is 29.3 Å². The number of esters is 1. The van der Waals surface area contributed by atoms with Crippen LogP contribution in [0.15, 0.2) is 83.8 Å². The van der Waals surface area contributed by atoms with E-state index in [0.717, 1.165) is 28.4 Å². The molecule has 1 amide bonds. The summed E-state index contributed by atoms with van der Waals surface area (Å²) in [6.07, 6.45) is 0.705. The van der Waals surface area contributed by atoms with Gasteiger partial charge >= 0.3 is 5.97 Å². The minimum absolute atomic E-state index is 0.0442. The number of rotatable bonds is 6. The quantitative estimate of drug-likeness (QED) is 0.500. The second kappa shape index (κ2) is 9.69. The van der Waals surface area contributed by atoms with E-state index in [0.29, 0.717) is 12.2 Å². The number of aryl methyl sites for hydroxylation is 1. The van der Waals surface area contributed by atoms with Gasteiger partial charge in [-0.3, -0.25) is 9.10 Å². The summed E-state index contributed by atoms with van der Waals surface area (Å²) in [5.74, 6) is -1.07. The third-order valence-electron chi connectivity index (χ3n) is 5.86. The monoisotopic (exact) mass is 478 g/mol. The first-order chi connectivity index (χ1) is 16.3. The number of ether oxygens (including phenoxy) is 1. The average molecular weight is 479 g/mol. The molecule has 0 aromatic heterocycles. The van der Waals surface area contributed by atoms with Crippen molar-refractivity contribution in [2.45, 2.75) is 30.8 Å². The smallest absolute Gasteiger partial charge is 0.338 e. The van der Waals surface area contributed by atoms with Crippen molar-refractivity contribution >= 4 is 33.3 Å². The lowest BCUT2D eigenvalue weighted by molar-refractivity contribution is -0.126. The first-order valence-corrected chi connectivity index (χ1v) is 12.5. The molecular formula is C26H26N2O5S. The topological polar surface area (TPSA) is 84.0 Å². The minimum atomic E-state index is -3.89. The van der Waals surface area contributed by atoms with Crippen molar-refractivity contribution in [2.75, 3.05) is 22.8 Å². The van der Waals surface area contributed by atoms with Crippen LogP contribution < -0.4 is 9.21 Å². The predicted molar refractivity (Wildman–Crippen MR) is 130 cm³/mol. The van der Waals surface area contributed by atoms with Crippen molar-refractivity contribution < 1.29 is 22.7 Å². The van der Waals surface area contributed by atoms with Gasteiger partial charge in [0.05, 0.1) is 16.1 Å². The van der Waals surface area contributed by atoms with Gasteiger partial charge in [0.15, 0.2) is 6.10 Å². The van der Waals surface area contributed by atoms with Gasteiger partial charge in [0.2, 0.25) is 0 Å². The van der Waals surface area contributed by atoms with Crippen LogP contribution in [-0.2, 0) is 26.0 Å². The molecule has 1 heterocycles. The lowest BCUT2D eigenvalue weighted by Gasteiger charge is -2.31. The second-order valence-corrected chi connectivity index (χ2v) is 10.1.